The van der Waals surface area contributed by atoms with Crippen molar-refractivity contribution >= 4 is 16.0 Å². The lowest BCUT2D eigenvalue weighted by Crippen LogP contribution is -2.43. The fourth-order valence-electron chi connectivity index (χ4n) is 3.06. The third kappa shape index (κ3) is 3.46. The van der Waals surface area contributed by atoms with E-state index in [1.54, 1.807) is 0 Å². The van der Waals surface area contributed by atoms with Crippen LogP contribution in [0.5, 0.6) is 0 Å². The lowest BCUT2D eigenvalue weighted by molar-refractivity contribution is -0.140. The minimum atomic E-state index is -3.59. The van der Waals surface area contributed by atoms with E-state index in [0.29, 0.717) is 0 Å². The van der Waals surface area contributed by atoms with Gasteiger partial charge in [0.05, 0.1) is 11.9 Å². The second-order valence-corrected chi connectivity index (χ2v) is 7.56. The summed E-state index contributed by atoms with van der Waals surface area (Å²) in [5.74, 6) is -1.03. The van der Waals surface area contributed by atoms with Gasteiger partial charge in [0.15, 0.2) is 0 Å². The Bertz CT molecular complexity index is 429. The van der Waals surface area contributed by atoms with Gasteiger partial charge in [-0.05, 0) is 18.8 Å². The molecule has 19 heavy (non-hydrogen) atoms. The smallest absolute Gasteiger partial charge is 0.322 e. The summed E-state index contributed by atoms with van der Waals surface area (Å²) >= 11 is 0. The van der Waals surface area contributed by atoms with Gasteiger partial charge in [0.1, 0.15) is 6.04 Å². The molecule has 2 aliphatic rings. The minimum Gasteiger partial charge on any atom is -0.480 e. The van der Waals surface area contributed by atoms with Crippen LogP contribution in [0.4, 0.5) is 0 Å². The fraction of sp³-hybridized carbons (Fsp3) is 0.917. The molecule has 1 aliphatic carbocycles. The fourth-order valence-corrected chi connectivity index (χ4v) is 5.15. The molecule has 0 amide bonds. The number of carboxylic acid groups (broad SMARTS) is 1. The number of sulfonamides is 1. The number of hydrogen-bond donors (Lipinski definition) is 2. The highest BCUT2D eigenvalue weighted by molar-refractivity contribution is 7.89. The van der Waals surface area contributed by atoms with Crippen molar-refractivity contribution in [3.05, 3.63) is 0 Å². The quantitative estimate of drug-likeness (QED) is 0.782. The van der Waals surface area contributed by atoms with Crippen LogP contribution >= 0.6 is 0 Å². The molecule has 0 aromatic heterocycles. The molecule has 0 bridgehead atoms. The van der Waals surface area contributed by atoms with E-state index in [-0.39, 0.29) is 24.6 Å². The first-order valence-corrected chi connectivity index (χ1v) is 8.41. The Kier molecular flexibility index (Phi) is 4.47. The van der Waals surface area contributed by atoms with Gasteiger partial charge in [-0.25, -0.2) is 8.42 Å². The van der Waals surface area contributed by atoms with Crippen molar-refractivity contribution in [2.24, 2.45) is 5.92 Å². The predicted octanol–water partition coefficient (Wildman–Crippen LogP) is 0.416. The van der Waals surface area contributed by atoms with Crippen molar-refractivity contribution in [2.45, 2.75) is 50.7 Å². The summed E-state index contributed by atoms with van der Waals surface area (Å²) in [4.78, 5) is 11.1. The second-order valence-electron chi connectivity index (χ2n) is 5.60. The summed E-state index contributed by atoms with van der Waals surface area (Å²) in [6.45, 7) is -0.0913. The molecule has 2 rings (SSSR count). The largest absolute Gasteiger partial charge is 0.480 e. The van der Waals surface area contributed by atoms with Gasteiger partial charge in [0, 0.05) is 13.0 Å². The molecule has 2 fully saturated rings. The number of rotatable bonds is 4. The van der Waals surface area contributed by atoms with Crippen LogP contribution in [-0.2, 0) is 14.8 Å². The maximum Gasteiger partial charge on any atom is 0.322 e. The number of aliphatic hydroxyl groups is 1. The molecule has 2 atom stereocenters. The van der Waals surface area contributed by atoms with Crippen molar-refractivity contribution in [3.8, 4) is 0 Å². The molecule has 6 nitrogen and oxygen atoms in total. The Morgan fingerprint density at radius 2 is 1.84 bits per heavy atom. The highest BCUT2D eigenvalue weighted by Crippen LogP contribution is 2.28. The van der Waals surface area contributed by atoms with Gasteiger partial charge in [-0.1, -0.05) is 19.3 Å². The lowest BCUT2D eigenvalue weighted by atomic mass is 9.91. The first-order chi connectivity index (χ1) is 8.90. The van der Waals surface area contributed by atoms with Gasteiger partial charge >= 0.3 is 5.97 Å². The van der Waals surface area contributed by atoms with Crippen LogP contribution in [0, 0.1) is 5.92 Å². The van der Waals surface area contributed by atoms with E-state index in [1.165, 1.54) is 0 Å². The van der Waals surface area contributed by atoms with Crippen molar-refractivity contribution < 1.29 is 23.4 Å². The van der Waals surface area contributed by atoms with Crippen molar-refractivity contribution in [1.29, 1.82) is 0 Å². The third-order valence-corrected chi connectivity index (χ3v) is 6.06. The van der Waals surface area contributed by atoms with Crippen LogP contribution in [0.1, 0.15) is 38.5 Å². The van der Waals surface area contributed by atoms with Crippen LogP contribution in [0.25, 0.3) is 0 Å². The van der Waals surface area contributed by atoms with Crippen LogP contribution < -0.4 is 0 Å². The summed E-state index contributed by atoms with van der Waals surface area (Å²) in [6.07, 6.45) is 4.15. The van der Waals surface area contributed by atoms with Crippen molar-refractivity contribution in [2.75, 3.05) is 12.3 Å². The standard InChI is InChI=1S/C12H21NO5S/c14-10-6-11(12(15)16)13(7-10)19(17,18)8-9-4-2-1-3-5-9/h9-11,14H,1-8H2,(H,15,16)/t10-,11-/m1/s1. The molecule has 2 N–H and O–H groups in total. The summed E-state index contributed by atoms with van der Waals surface area (Å²) in [5, 5.41) is 18.6. The van der Waals surface area contributed by atoms with Crippen molar-refractivity contribution in [1.82, 2.24) is 4.31 Å². The molecule has 0 spiro atoms. The number of aliphatic hydroxyl groups excluding tert-OH is 1. The summed E-state index contributed by atoms with van der Waals surface area (Å²) < 4.78 is 25.6. The Hall–Kier alpha value is -0.660. The van der Waals surface area contributed by atoms with Gasteiger partial charge < -0.3 is 10.2 Å². The SMILES string of the molecule is O=C(O)[C@H]1C[C@@H](O)CN1S(=O)(=O)CC1CCCCC1. The maximum atomic E-state index is 12.3. The van der Waals surface area contributed by atoms with E-state index in [1.807, 2.05) is 0 Å². The van der Waals surface area contributed by atoms with E-state index in [2.05, 4.69) is 0 Å². The van der Waals surface area contributed by atoms with Crippen molar-refractivity contribution in [3.63, 3.8) is 0 Å². The number of nitrogens with zero attached hydrogens (tertiary/aromatic N) is 1. The molecule has 0 unspecified atom stereocenters. The number of carboxylic acids is 1. The van der Waals surface area contributed by atoms with E-state index < -0.39 is 28.1 Å². The predicted molar refractivity (Wildman–Crippen MR) is 69.1 cm³/mol. The molecule has 1 aliphatic heterocycles. The number of carbonyl (C=O) groups is 1. The van der Waals surface area contributed by atoms with Gasteiger partial charge in [-0.2, -0.15) is 4.31 Å². The monoisotopic (exact) mass is 291 g/mol. The molecule has 1 saturated heterocycles. The van der Waals surface area contributed by atoms with E-state index in [9.17, 15) is 18.3 Å². The Morgan fingerprint density at radius 3 is 2.42 bits per heavy atom. The van der Waals surface area contributed by atoms with E-state index in [4.69, 9.17) is 5.11 Å². The van der Waals surface area contributed by atoms with E-state index in [0.717, 1.165) is 36.4 Å². The molecule has 7 heteroatoms. The average Bonchev–Trinajstić information content (AvgIpc) is 2.73. The molecule has 1 heterocycles. The molecule has 1 saturated carbocycles. The molecular formula is C12H21NO5S. The molecular weight excluding hydrogens is 270 g/mol. The van der Waals surface area contributed by atoms with Gasteiger partial charge in [-0.3, -0.25) is 4.79 Å². The lowest BCUT2D eigenvalue weighted by Gasteiger charge is -2.26. The van der Waals surface area contributed by atoms with Crippen LogP contribution in [0.2, 0.25) is 0 Å². The zero-order valence-corrected chi connectivity index (χ0v) is 11.7. The minimum absolute atomic E-state index is 0.0147. The van der Waals surface area contributed by atoms with Gasteiger partial charge in [0.2, 0.25) is 10.0 Å². The second kappa shape index (κ2) is 5.76. The number of aliphatic carboxylic acids is 1. The van der Waals surface area contributed by atoms with Crippen LogP contribution in [-0.4, -0.2) is 53.3 Å². The molecule has 110 valence electrons. The van der Waals surface area contributed by atoms with Gasteiger partial charge in [-0.15, -0.1) is 0 Å². The first kappa shape index (κ1) is 14.7. The summed E-state index contributed by atoms with van der Waals surface area (Å²) in [6, 6.07) is -1.11. The Morgan fingerprint density at radius 1 is 1.21 bits per heavy atom. The average molecular weight is 291 g/mol. The first-order valence-electron chi connectivity index (χ1n) is 6.80. The third-order valence-electron chi connectivity index (χ3n) is 4.05. The van der Waals surface area contributed by atoms with Crippen LogP contribution in [0.15, 0.2) is 0 Å². The van der Waals surface area contributed by atoms with Crippen LogP contribution in [0.3, 0.4) is 0 Å². The highest BCUT2D eigenvalue weighted by atomic mass is 32.2. The topological polar surface area (TPSA) is 94.9 Å². The number of β-amino-alcohol motifs (C(OH)–C–C–N with tert-alkyl or cyclic N) is 1. The van der Waals surface area contributed by atoms with Gasteiger partial charge in [0.25, 0.3) is 0 Å². The van der Waals surface area contributed by atoms with E-state index >= 15 is 0 Å². The molecule has 0 aromatic rings. The highest BCUT2D eigenvalue weighted by Gasteiger charge is 2.43. The molecule has 0 radical (unpaired) electrons. The number of hydrogen-bond acceptors (Lipinski definition) is 4. The Labute approximate surface area is 113 Å². The Balaban J connectivity index is 2.07. The summed E-state index contributed by atoms with van der Waals surface area (Å²) in [7, 11) is -3.59. The molecule has 0 aromatic carbocycles. The zero-order chi connectivity index (χ0) is 14.0. The summed E-state index contributed by atoms with van der Waals surface area (Å²) in [5.41, 5.74) is 0. The maximum absolute atomic E-state index is 12.3. The normalized spacial score (nSPS) is 30.6. The zero-order valence-electron chi connectivity index (χ0n) is 10.9.